The molecule has 0 unspecified atom stereocenters. The van der Waals surface area contributed by atoms with Crippen LogP contribution in [-0.2, 0) is 13.1 Å². The highest BCUT2D eigenvalue weighted by Gasteiger charge is 2.09. The van der Waals surface area contributed by atoms with E-state index in [0.29, 0.717) is 40.3 Å². The molecule has 1 aromatic heterocycles. The molecule has 9 heteroatoms. The average Bonchev–Trinajstić information content (AvgIpc) is 3.14. The summed E-state index contributed by atoms with van der Waals surface area (Å²) in [7, 11) is 0. The second kappa shape index (κ2) is 8.31. The lowest BCUT2D eigenvalue weighted by atomic mass is 10.3. The SMILES string of the molecule is O=c1nc2ncnc3c2=c1cnc1cccc(cnccccc(=O)n2ccn3CC2)c1. The van der Waals surface area contributed by atoms with Crippen LogP contribution in [0, 0.1) is 10.4 Å². The molecule has 0 spiro atoms. The van der Waals surface area contributed by atoms with Gasteiger partial charge in [0.15, 0.2) is 5.65 Å². The number of benzene rings is 1. The van der Waals surface area contributed by atoms with Crippen molar-refractivity contribution >= 4 is 22.2 Å². The summed E-state index contributed by atoms with van der Waals surface area (Å²) in [5, 5.41) is 1.70. The van der Waals surface area contributed by atoms with Crippen molar-refractivity contribution in [1.82, 2.24) is 34.1 Å². The number of nitrogens with zero attached hydrogens (tertiary/aromatic N) is 7. The molecule has 0 saturated heterocycles. The van der Waals surface area contributed by atoms with E-state index in [2.05, 4.69) is 24.9 Å². The molecule has 0 N–H and O–H groups in total. The molecule has 4 aliphatic rings. The average molecular weight is 423 g/mol. The number of hydrogen-bond donors (Lipinski definition) is 0. The van der Waals surface area contributed by atoms with Crippen LogP contribution in [0.4, 0.5) is 0 Å². The molecule has 9 nitrogen and oxygen atoms in total. The van der Waals surface area contributed by atoms with E-state index in [0.717, 1.165) is 5.39 Å². The zero-order valence-electron chi connectivity index (χ0n) is 16.9. The smallest absolute Gasteiger partial charge is 0.281 e. The molecular weight excluding hydrogens is 406 g/mol. The molecule has 6 rings (SSSR count). The highest BCUT2D eigenvalue weighted by molar-refractivity contribution is 5.62. The molecule has 2 aromatic rings. The summed E-state index contributed by atoms with van der Waals surface area (Å²) in [4.78, 5) is 46.3. The van der Waals surface area contributed by atoms with Gasteiger partial charge in [0, 0.05) is 50.1 Å². The Balaban J connectivity index is 1.95. The molecule has 4 aliphatic heterocycles. The molecule has 0 aliphatic carbocycles. The van der Waals surface area contributed by atoms with Crippen molar-refractivity contribution in [3.63, 3.8) is 0 Å². The van der Waals surface area contributed by atoms with Crippen LogP contribution in [-0.4, -0.2) is 34.1 Å². The van der Waals surface area contributed by atoms with Gasteiger partial charge in [-0.3, -0.25) is 19.6 Å². The van der Waals surface area contributed by atoms with E-state index >= 15 is 0 Å². The predicted octanol–water partition coefficient (Wildman–Crippen LogP) is 1.84. The van der Waals surface area contributed by atoms with E-state index in [1.54, 1.807) is 41.5 Å². The molecule has 1 aromatic carbocycles. The Morgan fingerprint density at radius 2 is 1.72 bits per heavy atom. The number of rotatable bonds is 0. The molecule has 0 fully saturated rings. The third-order valence-corrected chi connectivity index (χ3v) is 5.04. The molecule has 32 heavy (non-hydrogen) atoms. The minimum atomic E-state index is -0.415. The summed E-state index contributed by atoms with van der Waals surface area (Å²) in [6.45, 7) is 0.959. The first-order valence-corrected chi connectivity index (χ1v) is 9.93. The fourth-order valence-corrected chi connectivity index (χ4v) is 3.47. The van der Waals surface area contributed by atoms with Crippen LogP contribution >= 0.6 is 0 Å². The number of fused-ring (bicyclic) bond motifs is 9. The van der Waals surface area contributed by atoms with Crippen molar-refractivity contribution in [3.05, 3.63) is 111 Å². The Morgan fingerprint density at radius 1 is 0.844 bits per heavy atom. The lowest BCUT2D eigenvalue weighted by Gasteiger charge is -2.12. The first-order chi connectivity index (χ1) is 15.7. The molecule has 0 saturated carbocycles. The first-order valence-electron chi connectivity index (χ1n) is 9.93. The van der Waals surface area contributed by atoms with Crippen LogP contribution in [0.1, 0.15) is 0 Å². The van der Waals surface area contributed by atoms with E-state index in [-0.39, 0.29) is 5.56 Å². The van der Waals surface area contributed by atoms with Gasteiger partial charge in [-0.1, -0.05) is 18.2 Å². The quantitative estimate of drug-likeness (QED) is 0.425. The highest BCUT2D eigenvalue weighted by atomic mass is 16.1. The van der Waals surface area contributed by atoms with Crippen molar-refractivity contribution < 1.29 is 0 Å². The number of hydrogen-bond acceptors (Lipinski definition) is 7. The molecule has 0 amide bonds. The molecule has 4 bridgehead atoms. The summed E-state index contributed by atoms with van der Waals surface area (Å²) >= 11 is 0. The van der Waals surface area contributed by atoms with Gasteiger partial charge in [-0.15, -0.1) is 0 Å². The van der Waals surface area contributed by atoms with E-state index in [1.165, 1.54) is 18.6 Å². The summed E-state index contributed by atoms with van der Waals surface area (Å²) in [6, 6.07) is 12.3. The topological polar surface area (TPSA) is 108 Å². The minimum Gasteiger partial charge on any atom is -0.329 e. The minimum absolute atomic E-state index is 0.141. The molecule has 0 atom stereocenters. The zero-order valence-corrected chi connectivity index (χ0v) is 16.9. The Bertz CT molecular complexity index is 1690. The van der Waals surface area contributed by atoms with Gasteiger partial charge >= 0.3 is 0 Å². The van der Waals surface area contributed by atoms with Gasteiger partial charge in [-0.2, -0.15) is 4.98 Å². The second-order valence-electron chi connectivity index (χ2n) is 7.08. The van der Waals surface area contributed by atoms with E-state index in [9.17, 15) is 9.59 Å². The predicted molar refractivity (Wildman–Crippen MR) is 118 cm³/mol. The Morgan fingerprint density at radius 3 is 2.59 bits per heavy atom. The van der Waals surface area contributed by atoms with Crippen LogP contribution in [0.15, 0.2) is 89.4 Å². The highest BCUT2D eigenvalue weighted by Crippen LogP contribution is 2.08. The summed E-state index contributed by atoms with van der Waals surface area (Å²) in [5.41, 5.74) is 0.975. The Hall–Kier alpha value is -4.53. The van der Waals surface area contributed by atoms with Crippen LogP contribution in [0.5, 0.6) is 0 Å². The maximum atomic E-state index is 12.6. The Labute approximate surface area is 180 Å². The van der Waals surface area contributed by atoms with Crippen molar-refractivity contribution in [2.75, 3.05) is 0 Å². The van der Waals surface area contributed by atoms with Crippen LogP contribution in [0.25, 0.3) is 22.2 Å². The van der Waals surface area contributed by atoms with Crippen LogP contribution < -0.4 is 11.1 Å². The first kappa shape index (κ1) is 19.4. The largest absolute Gasteiger partial charge is 0.329 e. The van der Waals surface area contributed by atoms with Gasteiger partial charge < -0.3 is 9.13 Å². The van der Waals surface area contributed by atoms with Gasteiger partial charge in [0.1, 0.15) is 12.0 Å². The Kier molecular flexibility index (Phi) is 5.04. The number of aryl methyl sites for hydroxylation is 2. The fourth-order valence-electron chi connectivity index (χ4n) is 3.47. The van der Waals surface area contributed by atoms with Crippen molar-refractivity contribution in [2.45, 2.75) is 13.1 Å². The van der Waals surface area contributed by atoms with Gasteiger partial charge in [0.25, 0.3) is 11.1 Å². The van der Waals surface area contributed by atoms with Crippen LogP contribution in [0.2, 0.25) is 0 Å². The fraction of sp³-hybridized carbons (Fsp3) is 0.0870. The summed E-state index contributed by atoms with van der Waals surface area (Å²) < 4.78 is 3.48. The van der Waals surface area contributed by atoms with E-state index in [4.69, 9.17) is 0 Å². The third-order valence-electron chi connectivity index (χ3n) is 5.04. The molecule has 0 radical (unpaired) electrons. The summed E-state index contributed by atoms with van der Waals surface area (Å²) in [6.07, 6.45) is 9.62. The van der Waals surface area contributed by atoms with Gasteiger partial charge in [-0.25, -0.2) is 9.97 Å². The molecular formula is C23H17N7O2. The lowest BCUT2D eigenvalue weighted by Crippen LogP contribution is -2.22. The molecule has 156 valence electrons. The normalized spacial score (nSPS) is 11.8. The number of aromatic nitrogens is 7. The lowest BCUT2D eigenvalue weighted by molar-refractivity contribution is 0.543. The van der Waals surface area contributed by atoms with Gasteiger partial charge in [0.05, 0.1) is 16.0 Å². The third kappa shape index (κ3) is 3.79. The van der Waals surface area contributed by atoms with Crippen molar-refractivity contribution in [1.29, 1.82) is 0 Å². The van der Waals surface area contributed by atoms with Gasteiger partial charge in [-0.05, 0) is 23.6 Å². The maximum absolute atomic E-state index is 12.6. The second-order valence-corrected chi connectivity index (χ2v) is 7.08. The van der Waals surface area contributed by atoms with E-state index < -0.39 is 5.56 Å². The summed E-state index contributed by atoms with van der Waals surface area (Å²) in [5.74, 6) is 0. The van der Waals surface area contributed by atoms with E-state index in [1.807, 2.05) is 28.8 Å². The standard InChI is InChI=1S/C23H17N7O2/c31-19-6-1-2-7-24-13-16-4-3-5-17(12-16)25-14-18-20-21(28-23(18)32)26-15-27-22(20)30-10-8-29(19)9-11-30/h1-8,10,12-15H,9,11H2. The zero-order chi connectivity index (χ0) is 21.9. The monoisotopic (exact) mass is 423 g/mol. The van der Waals surface area contributed by atoms with Gasteiger partial charge in [0.2, 0.25) is 0 Å². The maximum Gasteiger partial charge on any atom is 0.281 e. The van der Waals surface area contributed by atoms with Crippen LogP contribution in [0.3, 0.4) is 0 Å². The van der Waals surface area contributed by atoms with Crippen molar-refractivity contribution in [3.8, 4) is 0 Å². The molecule has 5 heterocycles. The van der Waals surface area contributed by atoms with Crippen molar-refractivity contribution in [2.24, 2.45) is 0 Å².